The van der Waals surface area contributed by atoms with E-state index >= 15 is 0 Å². The van der Waals surface area contributed by atoms with Gasteiger partial charge in [0.1, 0.15) is 0 Å². The van der Waals surface area contributed by atoms with E-state index in [1.807, 2.05) is 48.5 Å². The first kappa shape index (κ1) is 14.2. The second kappa shape index (κ2) is 7.37. The Balaban J connectivity index is 1.82. The summed E-state index contributed by atoms with van der Waals surface area (Å²) >= 11 is 5.98. The van der Waals surface area contributed by atoms with Gasteiger partial charge in [-0.2, -0.15) is 0 Å². The maximum absolute atomic E-state index is 11.7. The van der Waals surface area contributed by atoms with Gasteiger partial charge in [-0.3, -0.25) is 4.79 Å². The van der Waals surface area contributed by atoms with Crippen LogP contribution in [0.2, 0.25) is 5.02 Å². The van der Waals surface area contributed by atoms with Gasteiger partial charge in [-0.25, -0.2) is 0 Å². The van der Waals surface area contributed by atoms with Crippen molar-refractivity contribution in [2.75, 3.05) is 6.54 Å². The van der Waals surface area contributed by atoms with Crippen LogP contribution in [0, 0.1) is 11.8 Å². The van der Waals surface area contributed by atoms with Crippen molar-refractivity contribution >= 4 is 17.5 Å². The van der Waals surface area contributed by atoms with E-state index in [1.54, 1.807) is 6.07 Å². The van der Waals surface area contributed by atoms with Gasteiger partial charge in [0.2, 0.25) is 5.91 Å². The highest BCUT2D eigenvalue weighted by molar-refractivity contribution is 6.31. The van der Waals surface area contributed by atoms with Crippen LogP contribution in [0.25, 0.3) is 0 Å². The SMILES string of the molecule is O=C(Cc1ccccc1)NCC#Cc1ccccc1Cl. The number of carbonyl (C=O) groups is 1. The van der Waals surface area contributed by atoms with Crippen molar-refractivity contribution in [3.05, 3.63) is 70.7 Å². The quantitative estimate of drug-likeness (QED) is 0.862. The molecule has 3 heteroatoms. The van der Waals surface area contributed by atoms with Crippen molar-refractivity contribution in [1.29, 1.82) is 0 Å². The zero-order valence-corrected chi connectivity index (χ0v) is 11.7. The van der Waals surface area contributed by atoms with Gasteiger partial charge < -0.3 is 5.32 Å². The summed E-state index contributed by atoms with van der Waals surface area (Å²) in [7, 11) is 0. The molecule has 2 rings (SSSR count). The molecule has 100 valence electrons. The lowest BCUT2D eigenvalue weighted by molar-refractivity contribution is -0.120. The zero-order chi connectivity index (χ0) is 14.2. The lowest BCUT2D eigenvalue weighted by atomic mass is 10.1. The van der Waals surface area contributed by atoms with Crippen LogP contribution in [-0.2, 0) is 11.2 Å². The molecule has 0 saturated carbocycles. The highest BCUT2D eigenvalue weighted by Gasteiger charge is 2.00. The Labute approximate surface area is 123 Å². The summed E-state index contributed by atoms with van der Waals surface area (Å²) in [6, 6.07) is 17.0. The van der Waals surface area contributed by atoms with Crippen molar-refractivity contribution in [3.63, 3.8) is 0 Å². The first-order valence-electron chi connectivity index (χ1n) is 6.30. The van der Waals surface area contributed by atoms with Crippen molar-refractivity contribution in [2.45, 2.75) is 6.42 Å². The minimum atomic E-state index is -0.0374. The van der Waals surface area contributed by atoms with Crippen LogP contribution < -0.4 is 5.32 Å². The van der Waals surface area contributed by atoms with Gasteiger partial charge in [-0.05, 0) is 17.7 Å². The smallest absolute Gasteiger partial charge is 0.225 e. The summed E-state index contributed by atoms with van der Waals surface area (Å²) in [5, 5.41) is 3.39. The van der Waals surface area contributed by atoms with Crippen LogP contribution in [0.1, 0.15) is 11.1 Å². The van der Waals surface area contributed by atoms with Gasteiger partial charge in [-0.1, -0.05) is 65.9 Å². The topological polar surface area (TPSA) is 29.1 Å². The zero-order valence-electron chi connectivity index (χ0n) is 10.9. The Morgan fingerprint density at radius 1 is 1.05 bits per heavy atom. The Kier molecular flexibility index (Phi) is 5.23. The van der Waals surface area contributed by atoms with Crippen LogP contribution in [0.3, 0.4) is 0 Å². The molecule has 0 spiro atoms. The highest BCUT2D eigenvalue weighted by atomic mass is 35.5. The molecule has 0 fully saturated rings. The molecular formula is C17H14ClNO. The second-order valence-corrected chi connectivity index (χ2v) is 4.63. The Morgan fingerprint density at radius 2 is 1.75 bits per heavy atom. The number of amides is 1. The van der Waals surface area contributed by atoms with E-state index in [9.17, 15) is 4.79 Å². The minimum Gasteiger partial charge on any atom is -0.345 e. The molecule has 1 N–H and O–H groups in total. The summed E-state index contributed by atoms with van der Waals surface area (Å²) in [5.74, 6) is 5.79. The number of carbonyl (C=O) groups excluding carboxylic acids is 1. The maximum atomic E-state index is 11.7. The molecule has 0 unspecified atom stereocenters. The third kappa shape index (κ3) is 4.46. The number of rotatable bonds is 3. The lowest BCUT2D eigenvalue weighted by Crippen LogP contribution is -2.25. The van der Waals surface area contributed by atoms with Gasteiger partial charge in [0.15, 0.2) is 0 Å². The van der Waals surface area contributed by atoms with Crippen LogP contribution in [-0.4, -0.2) is 12.5 Å². The summed E-state index contributed by atoms with van der Waals surface area (Å²) in [6.07, 6.45) is 0.370. The standard InChI is InChI=1S/C17H14ClNO/c18-16-11-5-4-9-15(16)10-6-12-19-17(20)13-14-7-2-1-3-8-14/h1-5,7-9,11H,12-13H2,(H,19,20). The largest absolute Gasteiger partial charge is 0.345 e. The van der Waals surface area contributed by atoms with Crippen LogP contribution >= 0.6 is 11.6 Å². The van der Waals surface area contributed by atoms with E-state index in [0.717, 1.165) is 11.1 Å². The fraction of sp³-hybridized carbons (Fsp3) is 0.118. The first-order valence-corrected chi connectivity index (χ1v) is 6.67. The van der Waals surface area contributed by atoms with Crippen LogP contribution in [0.4, 0.5) is 0 Å². The molecule has 0 aromatic heterocycles. The molecule has 2 aromatic rings. The molecule has 0 aliphatic heterocycles. The molecule has 2 aromatic carbocycles. The molecule has 0 aliphatic carbocycles. The third-order valence-corrected chi connectivity index (χ3v) is 3.01. The maximum Gasteiger partial charge on any atom is 0.225 e. The van der Waals surface area contributed by atoms with Crippen molar-refractivity contribution < 1.29 is 4.79 Å². The fourth-order valence-electron chi connectivity index (χ4n) is 1.69. The van der Waals surface area contributed by atoms with Gasteiger partial charge in [-0.15, -0.1) is 0 Å². The third-order valence-electron chi connectivity index (χ3n) is 2.68. The van der Waals surface area contributed by atoms with Crippen molar-refractivity contribution in [2.24, 2.45) is 0 Å². The van der Waals surface area contributed by atoms with Crippen LogP contribution in [0.5, 0.6) is 0 Å². The average molecular weight is 284 g/mol. The van der Waals surface area contributed by atoms with E-state index in [0.29, 0.717) is 18.0 Å². The molecular weight excluding hydrogens is 270 g/mol. The van der Waals surface area contributed by atoms with E-state index in [4.69, 9.17) is 11.6 Å². The molecule has 20 heavy (non-hydrogen) atoms. The monoisotopic (exact) mass is 283 g/mol. The van der Waals surface area contributed by atoms with E-state index in [2.05, 4.69) is 17.2 Å². The fourth-order valence-corrected chi connectivity index (χ4v) is 1.87. The summed E-state index contributed by atoms with van der Waals surface area (Å²) in [6.45, 7) is 0.316. The Hall–Kier alpha value is -2.24. The lowest BCUT2D eigenvalue weighted by Gasteiger charge is -2.01. The molecule has 2 nitrogen and oxygen atoms in total. The molecule has 0 saturated heterocycles. The number of hydrogen-bond acceptors (Lipinski definition) is 1. The van der Waals surface area contributed by atoms with Gasteiger partial charge in [0.05, 0.1) is 18.0 Å². The summed E-state index contributed by atoms with van der Waals surface area (Å²) in [4.78, 5) is 11.7. The molecule has 1 amide bonds. The number of halogens is 1. The number of nitrogens with one attached hydrogen (secondary N) is 1. The van der Waals surface area contributed by atoms with E-state index in [1.165, 1.54) is 0 Å². The van der Waals surface area contributed by atoms with Crippen LogP contribution in [0.15, 0.2) is 54.6 Å². The molecule has 0 heterocycles. The number of benzene rings is 2. The summed E-state index contributed by atoms with van der Waals surface area (Å²) < 4.78 is 0. The Bertz CT molecular complexity index is 641. The highest BCUT2D eigenvalue weighted by Crippen LogP contribution is 2.12. The molecule has 0 aliphatic rings. The molecule has 0 bridgehead atoms. The predicted octanol–water partition coefficient (Wildman–Crippen LogP) is 3.05. The predicted molar refractivity (Wildman–Crippen MR) is 81.5 cm³/mol. The summed E-state index contributed by atoms with van der Waals surface area (Å²) in [5.41, 5.74) is 1.76. The van der Waals surface area contributed by atoms with Crippen molar-refractivity contribution in [1.82, 2.24) is 5.32 Å². The number of hydrogen-bond donors (Lipinski definition) is 1. The van der Waals surface area contributed by atoms with Gasteiger partial charge in [0, 0.05) is 5.56 Å². The average Bonchev–Trinajstić information content (AvgIpc) is 2.46. The normalized spacial score (nSPS) is 9.45. The minimum absolute atomic E-state index is 0.0374. The van der Waals surface area contributed by atoms with Gasteiger partial charge in [0.25, 0.3) is 0 Å². The first-order chi connectivity index (χ1) is 9.75. The van der Waals surface area contributed by atoms with Gasteiger partial charge >= 0.3 is 0 Å². The molecule has 0 atom stereocenters. The Morgan fingerprint density at radius 3 is 2.50 bits per heavy atom. The second-order valence-electron chi connectivity index (χ2n) is 4.22. The van der Waals surface area contributed by atoms with E-state index in [-0.39, 0.29) is 5.91 Å². The molecule has 0 radical (unpaired) electrons. The van der Waals surface area contributed by atoms with Crippen molar-refractivity contribution in [3.8, 4) is 11.8 Å². The van der Waals surface area contributed by atoms with E-state index < -0.39 is 0 Å².